The Morgan fingerprint density at radius 1 is 1.57 bits per heavy atom. The van der Waals surface area contributed by atoms with Crippen molar-refractivity contribution in [2.24, 2.45) is 5.73 Å². The Bertz CT molecular complexity index is 415. The Hall–Kier alpha value is -1.82. The molecule has 1 rings (SSSR count). The third-order valence-corrected chi connectivity index (χ3v) is 1.67. The second kappa shape index (κ2) is 4.43. The summed E-state index contributed by atoms with van der Waals surface area (Å²) in [5.41, 5.74) is 6.38. The van der Waals surface area contributed by atoms with Gasteiger partial charge in [-0.3, -0.25) is 4.79 Å². The molecule has 0 aliphatic heterocycles. The van der Waals surface area contributed by atoms with Crippen molar-refractivity contribution in [1.29, 1.82) is 0 Å². The van der Waals surface area contributed by atoms with Gasteiger partial charge >= 0.3 is 0 Å². The van der Waals surface area contributed by atoms with Crippen LogP contribution in [0.2, 0.25) is 0 Å². The van der Waals surface area contributed by atoms with E-state index in [1.54, 1.807) is 13.0 Å². The first-order valence-corrected chi connectivity index (χ1v) is 4.13. The second-order valence-electron chi connectivity index (χ2n) is 2.90. The first-order chi connectivity index (χ1) is 6.59. The van der Waals surface area contributed by atoms with Crippen molar-refractivity contribution in [3.05, 3.63) is 35.1 Å². The number of aryl methyl sites for hydroxylation is 1. The fraction of sp³-hybridized carbons (Fsp3) is 0.182. The van der Waals surface area contributed by atoms with E-state index in [-0.39, 0.29) is 12.2 Å². The zero-order valence-electron chi connectivity index (χ0n) is 7.80. The van der Waals surface area contributed by atoms with Gasteiger partial charge in [0.1, 0.15) is 5.82 Å². The van der Waals surface area contributed by atoms with Crippen LogP contribution in [-0.2, 0) is 4.79 Å². The molecule has 0 fully saturated rings. The number of rotatable bonds is 1. The number of carbonyl (C=O) groups is 1. The monoisotopic (exact) mass is 191 g/mol. The topological polar surface area (TPSA) is 43.1 Å². The van der Waals surface area contributed by atoms with Gasteiger partial charge < -0.3 is 5.73 Å². The number of carbonyl (C=O) groups excluding carboxylic acids is 1. The number of hydrogen-bond donors (Lipinski definition) is 1. The third-order valence-electron chi connectivity index (χ3n) is 1.67. The van der Waals surface area contributed by atoms with E-state index >= 15 is 0 Å². The van der Waals surface area contributed by atoms with Gasteiger partial charge in [0.25, 0.3) is 0 Å². The van der Waals surface area contributed by atoms with Crippen molar-refractivity contribution in [3.8, 4) is 11.8 Å². The van der Waals surface area contributed by atoms with Crippen LogP contribution in [-0.4, -0.2) is 5.91 Å². The van der Waals surface area contributed by atoms with Crippen molar-refractivity contribution in [2.75, 3.05) is 0 Å². The summed E-state index contributed by atoms with van der Waals surface area (Å²) >= 11 is 0. The van der Waals surface area contributed by atoms with E-state index in [0.29, 0.717) is 5.56 Å². The Kier molecular flexibility index (Phi) is 3.24. The number of benzene rings is 1. The molecule has 14 heavy (non-hydrogen) atoms. The van der Waals surface area contributed by atoms with Gasteiger partial charge in [0.05, 0.1) is 6.42 Å². The predicted octanol–water partition coefficient (Wildman–Crippen LogP) is 1.36. The molecule has 1 amide bonds. The van der Waals surface area contributed by atoms with E-state index in [0.717, 1.165) is 5.56 Å². The van der Waals surface area contributed by atoms with Gasteiger partial charge in [0, 0.05) is 5.56 Å². The Balaban J connectivity index is 2.85. The Morgan fingerprint density at radius 3 is 2.86 bits per heavy atom. The number of nitrogens with two attached hydrogens (primary N) is 1. The highest BCUT2D eigenvalue weighted by molar-refractivity contribution is 5.76. The van der Waals surface area contributed by atoms with Crippen molar-refractivity contribution >= 4 is 5.91 Å². The van der Waals surface area contributed by atoms with E-state index in [1.165, 1.54) is 12.1 Å². The van der Waals surface area contributed by atoms with Gasteiger partial charge in [-0.25, -0.2) is 4.39 Å². The maximum atomic E-state index is 12.7. The highest BCUT2D eigenvalue weighted by Gasteiger charge is 1.96. The van der Waals surface area contributed by atoms with Gasteiger partial charge in [0.2, 0.25) is 5.91 Å². The first kappa shape index (κ1) is 10.3. The number of hydrogen-bond acceptors (Lipinski definition) is 1. The molecule has 0 bridgehead atoms. The van der Waals surface area contributed by atoms with Crippen LogP contribution in [0.1, 0.15) is 17.5 Å². The van der Waals surface area contributed by atoms with Crippen molar-refractivity contribution < 1.29 is 9.18 Å². The van der Waals surface area contributed by atoms with Crippen LogP contribution in [0.3, 0.4) is 0 Å². The molecule has 1 aromatic carbocycles. The SMILES string of the molecule is Cc1cc(F)ccc1C#CCC(N)=O. The summed E-state index contributed by atoms with van der Waals surface area (Å²) in [4.78, 5) is 10.4. The lowest BCUT2D eigenvalue weighted by atomic mass is 10.1. The molecule has 1 aromatic rings. The molecule has 0 saturated heterocycles. The minimum atomic E-state index is -0.461. The fourth-order valence-electron chi connectivity index (χ4n) is 0.994. The van der Waals surface area contributed by atoms with Crippen LogP contribution < -0.4 is 5.73 Å². The summed E-state index contributed by atoms with van der Waals surface area (Å²) < 4.78 is 12.7. The molecule has 72 valence electrons. The van der Waals surface area contributed by atoms with Crippen LogP contribution in [0.5, 0.6) is 0 Å². The van der Waals surface area contributed by atoms with Crippen LogP contribution >= 0.6 is 0 Å². The summed E-state index contributed by atoms with van der Waals surface area (Å²) in [5, 5.41) is 0. The Morgan fingerprint density at radius 2 is 2.29 bits per heavy atom. The van der Waals surface area contributed by atoms with E-state index in [4.69, 9.17) is 5.73 Å². The maximum Gasteiger partial charge on any atom is 0.229 e. The van der Waals surface area contributed by atoms with Gasteiger partial charge in [-0.15, -0.1) is 0 Å². The predicted molar refractivity (Wildman–Crippen MR) is 51.8 cm³/mol. The van der Waals surface area contributed by atoms with Crippen molar-refractivity contribution in [1.82, 2.24) is 0 Å². The molecule has 2 N–H and O–H groups in total. The highest BCUT2D eigenvalue weighted by atomic mass is 19.1. The van der Waals surface area contributed by atoms with E-state index < -0.39 is 5.91 Å². The third kappa shape index (κ3) is 2.91. The molecule has 2 nitrogen and oxygen atoms in total. The van der Waals surface area contributed by atoms with Crippen molar-refractivity contribution in [2.45, 2.75) is 13.3 Å². The van der Waals surface area contributed by atoms with Crippen LogP contribution in [0.25, 0.3) is 0 Å². The molecule has 0 aromatic heterocycles. The number of primary amides is 1. The molecule has 3 heteroatoms. The average molecular weight is 191 g/mol. The first-order valence-electron chi connectivity index (χ1n) is 4.13. The largest absolute Gasteiger partial charge is 0.369 e. The van der Waals surface area contributed by atoms with Crippen LogP contribution in [0.4, 0.5) is 4.39 Å². The number of amides is 1. The van der Waals surface area contributed by atoms with E-state index in [1.807, 2.05) is 0 Å². The summed E-state index contributed by atoms with van der Waals surface area (Å²) in [6.07, 6.45) is 0.0246. The summed E-state index contributed by atoms with van der Waals surface area (Å²) in [6.45, 7) is 1.76. The minimum absolute atomic E-state index is 0.0246. The molecular weight excluding hydrogens is 181 g/mol. The van der Waals surface area contributed by atoms with Gasteiger partial charge in [0.15, 0.2) is 0 Å². The summed E-state index contributed by atoms with van der Waals surface area (Å²) in [6, 6.07) is 4.31. The lowest BCUT2D eigenvalue weighted by Gasteiger charge is -1.96. The highest BCUT2D eigenvalue weighted by Crippen LogP contribution is 2.08. The van der Waals surface area contributed by atoms with E-state index in [2.05, 4.69) is 11.8 Å². The van der Waals surface area contributed by atoms with Gasteiger partial charge in [-0.1, -0.05) is 11.8 Å². The molecule has 0 radical (unpaired) electrons. The average Bonchev–Trinajstić information content (AvgIpc) is 2.08. The molecule has 0 spiro atoms. The molecule has 0 unspecified atom stereocenters. The maximum absolute atomic E-state index is 12.7. The lowest BCUT2D eigenvalue weighted by molar-refractivity contribution is -0.117. The number of halogens is 1. The lowest BCUT2D eigenvalue weighted by Crippen LogP contribution is -2.08. The standard InChI is InChI=1S/C11H10FNO/c1-8-7-10(12)6-5-9(8)3-2-4-11(13)14/h5-7H,4H2,1H3,(H2,13,14). The zero-order chi connectivity index (χ0) is 10.6. The van der Waals surface area contributed by atoms with Crippen LogP contribution in [0.15, 0.2) is 18.2 Å². The Labute approximate surface area is 81.9 Å². The minimum Gasteiger partial charge on any atom is -0.369 e. The van der Waals surface area contributed by atoms with Crippen LogP contribution in [0, 0.1) is 24.6 Å². The summed E-state index contributed by atoms with van der Waals surface area (Å²) in [5.74, 6) is 4.62. The second-order valence-corrected chi connectivity index (χ2v) is 2.90. The molecule has 0 atom stereocenters. The van der Waals surface area contributed by atoms with Crippen molar-refractivity contribution in [3.63, 3.8) is 0 Å². The normalized spacial score (nSPS) is 9.00. The zero-order valence-corrected chi connectivity index (χ0v) is 7.80. The quantitative estimate of drug-likeness (QED) is 0.669. The smallest absolute Gasteiger partial charge is 0.229 e. The van der Waals surface area contributed by atoms with E-state index in [9.17, 15) is 9.18 Å². The molecule has 0 heterocycles. The molecule has 0 saturated carbocycles. The van der Waals surface area contributed by atoms with Gasteiger partial charge in [-0.05, 0) is 30.7 Å². The molecular formula is C11H10FNO. The molecule has 0 aliphatic rings. The molecule has 0 aliphatic carbocycles. The fourth-order valence-corrected chi connectivity index (χ4v) is 0.994. The summed E-state index contributed by atoms with van der Waals surface area (Å²) in [7, 11) is 0. The van der Waals surface area contributed by atoms with Gasteiger partial charge in [-0.2, -0.15) is 0 Å².